The van der Waals surface area contributed by atoms with Crippen molar-refractivity contribution in [3.8, 4) is 0 Å². The molecule has 90 valence electrons. The first-order valence-corrected chi connectivity index (χ1v) is 5.50. The van der Waals surface area contributed by atoms with E-state index in [1.165, 1.54) is 12.1 Å². The van der Waals surface area contributed by atoms with Gasteiger partial charge in [-0.1, -0.05) is 18.2 Å². The maximum absolute atomic E-state index is 12.9. The SMILES string of the molecule is C=CCC1(c2ccc(F)cc2)CCNC(=O)O1. The highest BCUT2D eigenvalue weighted by atomic mass is 19.1. The molecule has 1 N–H and O–H groups in total. The van der Waals surface area contributed by atoms with Crippen molar-refractivity contribution < 1.29 is 13.9 Å². The number of hydrogen-bond acceptors (Lipinski definition) is 2. The summed E-state index contributed by atoms with van der Waals surface area (Å²) in [5.41, 5.74) is 0.0891. The Hall–Kier alpha value is -1.84. The molecule has 2 rings (SSSR count). The highest BCUT2D eigenvalue weighted by Crippen LogP contribution is 2.35. The topological polar surface area (TPSA) is 38.3 Å². The lowest BCUT2D eigenvalue weighted by atomic mass is 9.86. The number of carbonyl (C=O) groups is 1. The molecule has 0 radical (unpaired) electrons. The summed E-state index contributed by atoms with van der Waals surface area (Å²) in [6, 6.07) is 6.04. The van der Waals surface area contributed by atoms with Crippen molar-refractivity contribution in [2.24, 2.45) is 0 Å². The lowest BCUT2D eigenvalue weighted by Crippen LogP contribution is -2.45. The first-order valence-electron chi connectivity index (χ1n) is 5.50. The van der Waals surface area contributed by atoms with Crippen LogP contribution in [0.1, 0.15) is 18.4 Å². The van der Waals surface area contributed by atoms with E-state index in [4.69, 9.17) is 4.74 Å². The number of alkyl carbamates (subject to hydrolysis) is 1. The van der Waals surface area contributed by atoms with Crippen LogP contribution in [0.15, 0.2) is 36.9 Å². The van der Waals surface area contributed by atoms with Gasteiger partial charge in [-0.2, -0.15) is 0 Å². The minimum Gasteiger partial charge on any atom is -0.438 e. The Bertz CT molecular complexity index is 430. The first-order chi connectivity index (χ1) is 8.16. The molecule has 1 saturated heterocycles. The van der Waals surface area contributed by atoms with Crippen LogP contribution < -0.4 is 5.32 Å². The highest BCUT2D eigenvalue weighted by Gasteiger charge is 2.38. The van der Waals surface area contributed by atoms with E-state index in [9.17, 15) is 9.18 Å². The van der Waals surface area contributed by atoms with Gasteiger partial charge in [-0.15, -0.1) is 6.58 Å². The lowest BCUT2D eigenvalue weighted by molar-refractivity contribution is -0.0150. The van der Waals surface area contributed by atoms with Gasteiger partial charge in [-0.05, 0) is 17.7 Å². The molecule has 1 atom stereocenters. The Morgan fingerprint density at radius 2 is 2.18 bits per heavy atom. The third kappa shape index (κ3) is 2.30. The fraction of sp³-hybridized carbons (Fsp3) is 0.308. The predicted octanol–water partition coefficient (Wildman–Crippen LogP) is 2.73. The van der Waals surface area contributed by atoms with Gasteiger partial charge in [0.25, 0.3) is 0 Å². The zero-order valence-corrected chi connectivity index (χ0v) is 9.41. The summed E-state index contributed by atoms with van der Waals surface area (Å²) in [6.07, 6.45) is 2.44. The summed E-state index contributed by atoms with van der Waals surface area (Å²) < 4.78 is 18.3. The van der Waals surface area contributed by atoms with E-state index in [-0.39, 0.29) is 5.82 Å². The maximum atomic E-state index is 12.9. The van der Waals surface area contributed by atoms with E-state index >= 15 is 0 Å². The number of nitrogens with one attached hydrogen (secondary N) is 1. The van der Waals surface area contributed by atoms with Crippen LogP contribution >= 0.6 is 0 Å². The van der Waals surface area contributed by atoms with Gasteiger partial charge in [0.1, 0.15) is 11.4 Å². The molecular weight excluding hydrogens is 221 g/mol. The monoisotopic (exact) mass is 235 g/mol. The van der Waals surface area contributed by atoms with E-state index in [0.717, 1.165) is 5.56 Å². The average molecular weight is 235 g/mol. The second kappa shape index (κ2) is 4.57. The van der Waals surface area contributed by atoms with Crippen LogP contribution in [-0.2, 0) is 10.3 Å². The van der Waals surface area contributed by atoms with Crippen LogP contribution in [0.2, 0.25) is 0 Å². The molecule has 0 aliphatic carbocycles. The number of halogens is 1. The maximum Gasteiger partial charge on any atom is 0.408 e. The quantitative estimate of drug-likeness (QED) is 0.818. The zero-order chi connectivity index (χ0) is 12.3. The summed E-state index contributed by atoms with van der Waals surface area (Å²) in [5, 5.41) is 2.61. The van der Waals surface area contributed by atoms with Crippen LogP contribution in [0.3, 0.4) is 0 Å². The molecule has 3 nitrogen and oxygen atoms in total. The van der Waals surface area contributed by atoms with Crippen LogP contribution in [0, 0.1) is 5.82 Å². The van der Waals surface area contributed by atoms with Crippen molar-refractivity contribution in [1.82, 2.24) is 5.32 Å². The van der Waals surface area contributed by atoms with Crippen molar-refractivity contribution >= 4 is 6.09 Å². The fourth-order valence-corrected chi connectivity index (χ4v) is 2.08. The molecule has 1 fully saturated rings. The zero-order valence-electron chi connectivity index (χ0n) is 9.41. The molecule has 1 aliphatic rings. The van der Waals surface area contributed by atoms with E-state index in [0.29, 0.717) is 19.4 Å². The molecule has 1 amide bonds. The van der Waals surface area contributed by atoms with Gasteiger partial charge in [0.05, 0.1) is 0 Å². The summed E-state index contributed by atoms with van der Waals surface area (Å²) in [6.45, 7) is 4.23. The Kier molecular flexibility index (Phi) is 3.13. The molecule has 0 bridgehead atoms. The minimum absolute atomic E-state index is 0.303. The molecule has 0 aromatic heterocycles. The highest BCUT2D eigenvalue weighted by molar-refractivity contribution is 5.69. The van der Waals surface area contributed by atoms with E-state index in [2.05, 4.69) is 11.9 Å². The van der Waals surface area contributed by atoms with E-state index < -0.39 is 11.7 Å². The minimum atomic E-state index is -0.711. The standard InChI is InChI=1S/C13H14FNO2/c1-2-7-13(8-9-15-12(16)17-13)10-3-5-11(14)6-4-10/h2-6H,1,7-9H2,(H,15,16). The van der Waals surface area contributed by atoms with Crippen molar-refractivity contribution in [3.05, 3.63) is 48.3 Å². The van der Waals surface area contributed by atoms with Crippen LogP contribution in [0.4, 0.5) is 9.18 Å². The Balaban J connectivity index is 2.35. The van der Waals surface area contributed by atoms with Gasteiger partial charge in [0.15, 0.2) is 0 Å². The van der Waals surface area contributed by atoms with Gasteiger partial charge >= 0.3 is 6.09 Å². The molecule has 17 heavy (non-hydrogen) atoms. The number of hydrogen-bond donors (Lipinski definition) is 1. The summed E-state index contributed by atoms with van der Waals surface area (Å²) in [7, 11) is 0. The summed E-state index contributed by atoms with van der Waals surface area (Å²) in [4.78, 5) is 11.4. The van der Waals surface area contributed by atoms with Crippen LogP contribution in [0.5, 0.6) is 0 Å². The third-order valence-corrected chi connectivity index (χ3v) is 2.93. The molecule has 1 aromatic carbocycles. The lowest BCUT2D eigenvalue weighted by Gasteiger charge is -2.36. The Morgan fingerprint density at radius 3 is 2.76 bits per heavy atom. The Morgan fingerprint density at radius 1 is 1.47 bits per heavy atom. The molecule has 4 heteroatoms. The second-order valence-corrected chi connectivity index (χ2v) is 4.06. The second-order valence-electron chi connectivity index (χ2n) is 4.06. The molecule has 0 spiro atoms. The smallest absolute Gasteiger partial charge is 0.408 e. The Labute approximate surface area is 99.3 Å². The average Bonchev–Trinajstić information content (AvgIpc) is 2.30. The van der Waals surface area contributed by atoms with Gasteiger partial charge in [-0.3, -0.25) is 0 Å². The van der Waals surface area contributed by atoms with Gasteiger partial charge in [0.2, 0.25) is 0 Å². The van der Waals surface area contributed by atoms with Crippen molar-refractivity contribution in [1.29, 1.82) is 0 Å². The normalized spacial score (nSPS) is 23.7. The van der Waals surface area contributed by atoms with E-state index in [1.807, 2.05) is 0 Å². The first kappa shape index (κ1) is 11.6. The summed E-state index contributed by atoms with van der Waals surface area (Å²) in [5.74, 6) is -0.303. The van der Waals surface area contributed by atoms with Crippen molar-refractivity contribution in [2.45, 2.75) is 18.4 Å². The van der Waals surface area contributed by atoms with Crippen LogP contribution in [0.25, 0.3) is 0 Å². The molecule has 1 aliphatic heterocycles. The largest absolute Gasteiger partial charge is 0.438 e. The molecule has 1 unspecified atom stereocenters. The molecular formula is C13H14FNO2. The predicted molar refractivity (Wildman–Crippen MR) is 62.0 cm³/mol. The number of ether oxygens (including phenoxy) is 1. The molecule has 1 aromatic rings. The van der Waals surface area contributed by atoms with Gasteiger partial charge in [-0.25, -0.2) is 9.18 Å². The number of rotatable bonds is 3. The van der Waals surface area contributed by atoms with E-state index in [1.54, 1.807) is 18.2 Å². The number of cyclic esters (lactones) is 1. The van der Waals surface area contributed by atoms with Crippen molar-refractivity contribution in [2.75, 3.05) is 6.54 Å². The van der Waals surface area contributed by atoms with Gasteiger partial charge < -0.3 is 10.1 Å². The van der Waals surface area contributed by atoms with Crippen LogP contribution in [-0.4, -0.2) is 12.6 Å². The summed E-state index contributed by atoms with van der Waals surface area (Å²) >= 11 is 0. The molecule has 0 saturated carbocycles. The number of carbonyl (C=O) groups excluding carboxylic acids is 1. The number of amides is 1. The fourth-order valence-electron chi connectivity index (χ4n) is 2.08. The number of benzene rings is 1. The van der Waals surface area contributed by atoms with Crippen molar-refractivity contribution in [3.63, 3.8) is 0 Å². The third-order valence-electron chi connectivity index (χ3n) is 2.93. The van der Waals surface area contributed by atoms with Gasteiger partial charge in [0, 0.05) is 19.4 Å². The molecule has 1 heterocycles.